The average molecular weight is 668 g/mol. The predicted octanol–water partition coefficient (Wildman–Crippen LogP) is 5.20. The number of nitrogens with one attached hydrogen (secondary N) is 2. The van der Waals surface area contributed by atoms with Gasteiger partial charge in [-0.3, -0.25) is 28.8 Å². The Morgan fingerprint density at radius 3 is 1.34 bits per heavy atom. The molecule has 0 spiro atoms. The molecule has 0 fully saturated rings. The largest absolute Gasteiger partial charge is 0.495 e. The van der Waals surface area contributed by atoms with Gasteiger partial charge < -0.3 is 20.1 Å². The molecule has 13 heteroatoms. The molecule has 1 aromatic heterocycles. The zero-order chi connectivity index (χ0) is 35.1. The molecule has 7 rings (SSSR count). The van der Waals surface area contributed by atoms with Crippen LogP contribution in [0.3, 0.4) is 0 Å². The van der Waals surface area contributed by atoms with Gasteiger partial charge in [0.1, 0.15) is 23.1 Å². The minimum absolute atomic E-state index is 0.0584. The fourth-order valence-electron chi connectivity index (χ4n) is 5.78. The van der Waals surface area contributed by atoms with E-state index in [1.165, 1.54) is 62.8 Å². The van der Waals surface area contributed by atoms with Crippen molar-refractivity contribution in [1.82, 2.24) is 4.98 Å². The second kappa shape index (κ2) is 12.5. The second-order valence-corrected chi connectivity index (χ2v) is 11.1. The Kier molecular flexibility index (Phi) is 7.84. The molecule has 3 heterocycles. The van der Waals surface area contributed by atoms with E-state index in [2.05, 4.69) is 15.6 Å². The van der Waals surface area contributed by atoms with E-state index in [1.54, 1.807) is 54.6 Å². The Labute approximate surface area is 284 Å². The van der Waals surface area contributed by atoms with Crippen molar-refractivity contribution in [3.05, 3.63) is 137 Å². The molecule has 6 amide bonds. The normalized spacial score (nSPS) is 13.2. The number of methoxy groups -OCH3 is 2. The van der Waals surface area contributed by atoms with E-state index in [-0.39, 0.29) is 56.4 Å². The minimum Gasteiger partial charge on any atom is -0.495 e. The molecule has 0 radical (unpaired) electrons. The third kappa shape index (κ3) is 5.28. The zero-order valence-corrected chi connectivity index (χ0v) is 26.4. The summed E-state index contributed by atoms with van der Waals surface area (Å²) in [4.78, 5) is 85.6. The molecule has 13 nitrogen and oxygen atoms in total. The highest BCUT2D eigenvalue weighted by Crippen LogP contribution is 2.36. The van der Waals surface area contributed by atoms with Crippen molar-refractivity contribution in [3.63, 3.8) is 0 Å². The lowest BCUT2D eigenvalue weighted by molar-refractivity contribution is 0.0909. The van der Waals surface area contributed by atoms with E-state index in [1.807, 2.05) is 0 Å². The van der Waals surface area contributed by atoms with Crippen LogP contribution in [0.2, 0.25) is 0 Å². The number of aromatic nitrogens is 1. The third-order valence-corrected chi connectivity index (χ3v) is 8.18. The number of benzene rings is 4. The Hall–Kier alpha value is -7.15. The van der Waals surface area contributed by atoms with Gasteiger partial charge in [-0.25, -0.2) is 14.8 Å². The molecular weight excluding hydrogens is 642 g/mol. The molecular formula is C37H25N5O8. The van der Waals surface area contributed by atoms with Gasteiger partial charge in [0.2, 0.25) is 0 Å². The van der Waals surface area contributed by atoms with Crippen LogP contribution in [-0.4, -0.2) is 54.6 Å². The van der Waals surface area contributed by atoms with Crippen LogP contribution in [0.25, 0.3) is 0 Å². The van der Waals surface area contributed by atoms with Gasteiger partial charge in [-0.1, -0.05) is 30.3 Å². The summed E-state index contributed by atoms with van der Waals surface area (Å²) < 4.78 is 10.6. The molecule has 0 atom stereocenters. The number of pyridine rings is 1. The lowest BCUT2D eigenvalue weighted by Gasteiger charge is -2.16. The minimum atomic E-state index is -0.610. The number of para-hydroxylation sites is 4. The first kappa shape index (κ1) is 31.4. The Bertz CT molecular complexity index is 2150. The smallest absolute Gasteiger partial charge is 0.266 e. The topological polar surface area (TPSA) is 164 Å². The van der Waals surface area contributed by atoms with Crippen LogP contribution in [0.5, 0.6) is 11.5 Å². The molecule has 50 heavy (non-hydrogen) atoms. The van der Waals surface area contributed by atoms with Gasteiger partial charge >= 0.3 is 0 Å². The van der Waals surface area contributed by atoms with Gasteiger partial charge in [0.15, 0.2) is 0 Å². The number of rotatable bonds is 8. The maximum absolute atomic E-state index is 13.3. The number of nitrogens with zero attached hydrogens (tertiary/aromatic N) is 3. The van der Waals surface area contributed by atoms with Crippen LogP contribution in [0.15, 0.2) is 103 Å². The number of imide groups is 2. The molecule has 0 bridgehead atoms. The summed E-state index contributed by atoms with van der Waals surface area (Å²) in [5, 5.41) is 5.27. The van der Waals surface area contributed by atoms with E-state index >= 15 is 0 Å². The first-order valence-corrected chi connectivity index (χ1v) is 15.1. The van der Waals surface area contributed by atoms with E-state index in [0.29, 0.717) is 11.5 Å². The number of carbonyl (C=O) groups excluding carboxylic acids is 6. The maximum atomic E-state index is 13.3. The number of carbonyl (C=O) groups is 6. The van der Waals surface area contributed by atoms with Crippen LogP contribution in [0.1, 0.15) is 62.1 Å². The first-order chi connectivity index (χ1) is 24.2. The average Bonchev–Trinajstić information content (AvgIpc) is 3.54. The lowest BCUT2D eigenvalue weighted by atomic mass is 10.1. The molecule has 246 valence electrons. The van der Waals surface area contributed by atoms with Crippen molar-refractivity contribution in [1.29, 1.82) is 0 Å². The highest BCUT2D eigenvalue weighted by atomic mass is 16.5. The van der Waals surface area contributed by atoms with Gasteiger partial charge in [-0.15, -0.1) is 0 Å². The summed E-state index contributed by atoms with van der Waals surface area (Å²) in [5.41, 5.74) is 1.17. The van der Waals surface area contributed by atoms with Crippen molar-refractivity contribution in [2.75, 3.05) is 34.7 Å². The van der Waals surface area contributed by atoms with Crippen molar-refractivity contribution in [2.45, 2.75) is 0 Å². The van der Waals surface area contributed by atoms with Crippen molar-refractivity contribution < 1.29 is 38.2 Å². The quantitative estimate of drug-likeness (QED) is 0.212. The summed E-state index contributed by atoms with van der Waals surface area (Å²) in [6, 6.07) is 26.1. The highest BCUT2D eigenvalue weighted by Gasteiger charge is 2.39. The zero-order valence-electron chi connectivity index (χ0n) is 26.4. The summed E-state index contributed by atoms with van der Waals surface area (Å²) in [6.07, 6.45) is 0. The number of amides is 6. The monoisotopic (exact) mass is 667 g/mol. The van der Waals surface area contributed by atoms with Gasteiger partial charge in [0.25, 0.3) is 35.4 Å². The highest BCUT2D eigenvalue weighted by molar-refractivity contribution is 6.36. The fourth-order valence-corrected chi connectivity index (χ4v) is 5.78. The van der Waals surface area contributed by atoms with Gasteiger partial charge in [0.05, 0.1) is 47.8 Å². The summed E-state index contributed by atoms with van der Waals surface area (Å²) in [6.45, 7) is 0. The molecule has 5 aromatic rings. The Balaban J connectivity index is 1.06. The number of fused-ring (bicyclic) bond motifs is 2. The van der Waals surface area contributed by atoms with E-state index in [4.69, 9.17) is 9.47 Å². The molecule has 2 aliphatic rings. The van der Waals surface area contributed by atoms with Crippen molar-refractivity contribution in [2.24, 2.45) is 0 Å². The van der Waals surface area contributed by atoms with E-state index in [0.717, 1.165) is 9.80 Å². The molecule has 2 N–H and O–H groups in total. The van der Waals surface area contributed by atoms with Crippen LogP contribution >= 0.6 is 0 Å². The Morgan fingerprint density at radius 2 is 0.920 bits per heavy atom. The molecule has 4 aromatic carbocycles. The van der Waals surface area contributed by atoms with E-state index < -0.39 is 35.4 Å². The number of hydrogen-bond acceptors (Lipinski definition) is 9. The van der Waals surface area contributed by atoms with E-state index in [9.17, 15) is 28.8 Å². The van der Waals surface area contributed by atoms with Crippen LogP contribution < -0.4 is 29.9 Å². The molecule has 0 unspecified atom stereocenters. The van der Waals surface area contributed by atoms with Gasteiger partial charge in [-0.05, 0) is 72.8 Å². The molecule has 2 aliphatic heterocycles. The van der Waals surface area contributed by atoms with Gasteiger partial charge in [-0.2, -0.15) is 0 Å². The van der Waals surface area contributed by atoms with Gasteiger partial charge in [0, 0.05) is 11.1 Å². The number of ether oxygens (including phenoxy) is 2. The molecule has 0 aliphatic carbocycles. The summed E-state index contributed by atoms with van der Waals surface area (Å²) in [7, 11) is 2.87. The third-order valence-electron chi connectivity index (χ3n) is 8.18. The Morgan fingerprint density at radius 1 is 0.520 bits per heavy atom. The molecule has 0 saturated carbocycles. The standard InChI is InChI=1S/C37H25N5O8/c1-49-28-10-5-3-8-26(28)41-34(45)22-16-14-20(18-24(22)36(41)47)32(43)39-30-12-7-13-31(38-30)40-33(44)21-15-17-23-25(19-21)37(48)42(35(23)46)27-9-4-6-11-29(27)50-2/h3-19H,1-2H3,(H2,38,39,40,43,44). The van der Waals surface area contributed by atoms with Crippen LogP contribution in [-0.2, 0) is 0 Å². The second-order valence-electron chi connectivity index (χ2n) is 11.1. The molecule has 0 saturated heterocycles. The number of hydrogen-bond donors (Lipinski definition) is 2. The van der Waals surface area contributed by atoms with Crippen LogP contribution in [0.4, 0.5) is 23.0 Å². The van der Waals surface area contributed by atoms with Crippen molar-refractivity contribution in [3.8, 4) is 11.5 Å². The summed E-state index contributed by atoms with van der Waals surface area (Å²) >= 11 is 0. The first-order valence-electron chi connectivity index (χ1n) is 15.1. The van der Waals surface area contributed by atoms with Crippen molar-refractivity contribution >= 4 is 58.5 Å². The maximum Gasteiger partial charge on any atom is 0.266 e. The predicted molar refractivity (Wildman–Crippen MR) is 181 cm³/mol. The SMILES string of the molecule is COc1ccccc1N1C(=O)c2ccc(C(=O)Nc3cccc(NC(=O)c4ccc5c(c4)C(=O)N(c4ccccc4OC)C5=O)n3)cc2C1=O. The summed E-state index contributed by atoms with van der Waals surface area (Å²) in [5.74, 6) is -2.64. The van der Waals surface area contributed by atoms with Crippen LogP contribution in [0, 0.1) is 0 Å². The lowest BCUT2D eigenvalue weighted by Crippen LogP contribution is -2.29. The number of anilines is 4. The fraction of sp³-hybridized carbons (Fsp3) is 0.0541.